The van der Waals surface area contributed by atoms with Gasteiger partial charge in [0.05, 0.1) is 6.20 Å². The minimum atomic E-state index is -1.81. The summed E-state index contributed by atoms with van der Waals surface area (Å²) in [5.74, 6) is 0.0997. The smallest absolute Gasteiger partial charge is 0.224 e. The predicted molar refractivity (Wildman–Crippen MR) is 52.1 cm³/mol. The lowest BCUT2D eigenvalue weighted by Crippen LogP contribution is -2.37. The second-order valence-electron chi connectivity index (χ2n) is 2.34. The summed E-state index contributed by atoms with van der Waals surface area (Å²) < 4.78 is 4.81. The van der Waals surface area contributed by atoms with Crippen LogP contribution in [0.15, 0.2) is 6.20 Å². The van der Waals surface area contributed by atoms with E-state index in [-0.39, 0.29) is 16.9 Å². The molecule has 13 heavy (non-hydrogen) atoms. The summed E-state index contributed by atoms with van der Waals surface area (Å²) in [5, 5.41) is -1.81. The number of hydrogen-bond acceptors (Lipinski definition) is 4. The molecule has 0 atom stereocenters. The average Bonchev–Trinajstić information content (AvgIpc) is 1.93. The second-order valence-corrected chi connectivity index (χ2v) is 2.68. The average molecular weight is 189 g/mol. The number of ether oxygens (including phenoxy) is 1. The Labute approximate surface area is 84.4 Å². The maximum absolute atomic E-state index is 5.44. The van der Waals surface area contributed by atoms with Gasteiger partial charge in [-0.1, -0.05) is 0 Å². The van der Waals surface area contributed by atoms with Crippen molar-refractivity contribution in [2.45, 2.75) is 5.30 Å². The fourth-order valence-electron chi connectivity index (χ4n) is 0.630. The number of nitrogens with two attached hydrogens (primary N) is 1. The molecule has 8 heteroatoms. The number of anilines is 1. The molecule has 0 aliphatic rings. The molecule has 0 bridgehead atoms. The summed E-state index contributed by atoms with van der Waals surface area (Å²) in [6, 6.07) is 0. The Morgan fingerprint density at radius 1 is 1.46 bits per heavy atom. The highest BCUT2D eigenvalue weighted by Gasteiger charge is 2.13. The fourth-order valence-corrected chi connectivity index (χ4v) is 0.770. The van der Waals surface area contributed by atoms with Crippen LogP contribution in [0.3, 0.4) is 0 Å². The van der Waals surface area contributed by atoms with Crippen molar-refractivity contribution < 1.29 is 4.74 Å². The zero-order valence-corrected chi connectivity index (χ0v) is 7.32. The number of halogens is 1. The first-order chi connectivity index (χ1) is 5.88. The number of rotatable bonds is 2. The van der Waals surface area contributed by atoms with Gasteiger partial charge in [-0.25, -0.2) is 4.98 Å². The fraction of sp³-hybridized carbons (Fsp3) is 0.200. The lowest BCUT2D eigenvalue weighted by Gasteiger charge is -2.23. The summed E-state index contributed by atoms with van der Waals surface area (Å²) in [5.41, 5.74) is 5.40. The van der Waals surface area contributed by atoms with E-state index in [1.807, 2.05) is 0 Å². The normalized spacial score (nSPS) is 11.2. The predicted octanol–water partition coefficient (Wildman–Crippen LogP) is -0.792. The quantitative estimate of drug-likeness (QED) is 0.489. The molecule has 1 heterocycles. The van der Waals surface area contributed by atoms with Gasteiger partial charge in [-0.3, -0.25) is 0 Å². The van der Waals surface area contributed by atoms with E-state index in [4.69, 9.17) is 45.6 Å². The summed E-state index contributed by atoms with van der Waals surface area (Å²) in [6.45, 7) is 0. The number of hydrogen-bond donors (Lipinski definition) is 1. The zero-order valence-electron chi connectivity index (χ0n) is 6.57. The Bertz CT molecular complexity index is 316. The van der Waals surface area contributed by atoms with Gasteiger partial charge in [-0.15, -0.1) is 0 Å². The van der Waals surface area contributed by atoms with Crippen molar-refractivity contribution in [1.82, 2.24) is 9.97 Å². The van der Waals surface area contributed by atoms with Gasteiger partial charge in [0.25, 0.3) is 0 Å². The first kappa shape index (κ1) is 10.2. The van der Waals surface area contributed by atoms with Gasteiger partial charge in [-0.05, 0) is 16.9 Å². The third-order valence-corrected chi connectivity index (χ3v) is 1.22. The van der Waals surface area contributed by atoms with Crippen LogP contribution in [0.2, 0.25) is 5.28 Å². The number of aromatic nitrogens is 2. The van der Waals surface area contributed by atoms with Gasteiger partial charge in [0.1, 0.15) is 23.5 Å². The van der Waals surface area contributed by atoms with E-state index in [9.17, 15) is 0 Å². The molecule has 6 radical (unpaired) electrons. The molecule has 0 unspecified atom stereocenters. The van der Waals surface area contributed by atoms with Crippen LogP contribution in [0.25, 0.3) is 0 Å². The minimum absolute atomic E-state index is 0.00140. The molecular formula is C5H3B3ClN3O. The van der Waals surface area contributed by atoms with Gasteiger partial charge in [-0.2, -0.15) is 4.98 Å². The summed E-state index contributed by atoms with van der Waals surface area (Å²) in [4.78, 5) is 7.20. The van der Waals surface area contributed by atoms with Gasteiger partial charge < -0.3 is 10.5 Å². The van der Waals surface area contributed by atoms with E-state index in [1.165, 1.54) is 6.20 Å². The van der Waals surface area contributed by atoms with Crippen LogP contribution in [0.5, 0.6) is 5.75 Å². The molecule has 0 saturated heterocycles. The van der Waals surface area contributed by atoms with Crippen LogP contribution in [-0.4, -0.2) is 38.8 Å². The third-order valence-electron chi connectivity index (χ3n) is 1.04. The summed E-state index contributed by atoms with van der Waals surface area (Å²) in [6.07, 6.45) is 1.23. The largest absolute Gasteiger partial charge is 0.511 e. The molecule has 0 aliphatic heterocycles. The second kappa shape index (κ2) is 3.50. The molecule has 0 saturated carbocycles. The van der Waals surface area contributed by atoms with E-state index < -0.39 is 5.30 Å². The maximum atomic E-state index is 5.44. The molecule has 0 aromatic carbocycles. The molecule has 1 rings (SSSR count). The molecule has 0 fully saturated rings. The van der Waals surface area contributed by atoms with Crippen molar-refractivity contribution >= 4 is 41.0 Å². The van der Waals surface area contributed by atoms with Gasteiger partial charge in [0, 0.05) is 0 Å². The molecule has 0 spiro atoms. The highest BCUT2D eigenvalue weighted by molar-refractivity contribution is 6.58. The molecular weight excluding hydrogens is 186 g/mol. The van der Waals surface area contributed by atoms with E-state index in [2.05, 4.69) is 9.97 Å². The molecule has 2 N–H and O–H groups in total. The van der Waals surface area contributed by atoms with Crippen LogP contribution in [0.1, 0.15) is 0 Å². The Hall–Kier alpha value is -0.835. The Morgan fingerprint density at radius 2 is 2.08 bits per heavy atom. The maximum Gasteiger partial charge on any atom is 0.224 e. The number of nitrogens with zero attached hydrogens (tertiary/aromatic N) is 2. The van der Waals surface area contributed by atoms with Gasteiger partial charge in [0.15, 0.2) is 11.6 Å². The van der Waals surface area contributed by atoms with Crippen molar-refractivity contribution in [1.29, 1.82) is 0 Å². The van der Waals surface area contributed by atoms with E-state index >= 15 is 0 Å². The summed E-state index contributed by atoms with van der Waals surface area (Å²) in [7, 11) is 15.5. The highest BCUT2D eigenvalue weighted by atomic mass is 35.5. The Morgan fingerprint density at radius 3 is 2.54 bits per heavy atom. The molecule has 1 aromatic rings. The summed E-state index contributed by atoms with van der Waals surface area (Å²) >= 11 is 5.44. The topological polar surface area (TPSA) is 61.0 Å². The van der Waals surface area contributed by atoms with E-state index in [1.54, 1.807) is 0 Å². The highest BCUT2D eigenvalue weighted by Crippen LogP contribution is 2.20. The first-order valence-electron chi connectivity index (χ1n) is 3.22. The van der Waals surface area contributed by atoms with Crippen LogP contribution in [0.4, 0.5) is 5.82 Å². The van der Waals surface area contributed by atoms with E-state index in [0.717, 1.165) is 0 Å². The Balaban J connectivity index is 2.90. The van der Waals surface area contributed by atoms with Crippen LogP contribution in [-0.2, 0) is 0 Å². The van der Waals surface area contributed by atoms with Crippen molar-refractivity contribution in [3.05, 3.63) is 11.5 Å². The SMILES string of the molecule is [B]C([B])([B])Oc1cnc(Cl)nc1N. The van der Waals surface area contributed by atoms with Crippen molar-refractivity contribution in [2.24, 2.45) is 0 Å². The molecule has 60 valence electrons. The Kier molecular flexibility index (Phi) is 2.76. The molecule has 4 nitrogen and oxygen atoms in total. The van der Waals surface area contributed by atoms with Crippen molar-refractivity contribution in [3.63, 3.8) is 0 Å². The molecule has 1 aromatic heterocycles. The van der Waals surface area contributed by atoms with Gasteiger partial charge in [0.2, 0.25) is 5.28 Å². The first-order valence-corrected chi connectivity index (χ1v) is 3.60. The number of nitrogen functional groups attached to an aromatic ring is 1. The third kappa shape index (κ3) is 3.18. The molecule has 0 amide bonds. The minimum Gasteiger partial charge on any atom is -0.511 e. The van der Waals surface area contributed by atoms with Gasteiger partial charge >= 0.3 is 0 Å². The van der Waals surface area contributed by atoms with Crippen LogP contribution < -0.4 is 10.5 Å². The van der Waals surface area contributed by atoms with Crippen LogP contribution in [0, 0.1) is 0 Å². The monoisotopic (exact) mass is 189 g/mol. The molecule has 0 aliphatic carbocycles. The lowest BCUT2D eigenvalue weighted by molar-refractivity contribution is 0.318. The zero-order chi connectivity index (χ0) is 10.1. The van der Waals surface area contributed by atoms with Crippen molar-refractivity contribution in [3.8, 4) is 5.75 Å². The van der Waals surface area contributed by atoms with E-state index in [0.29, 0.717) is 0 Å². The standard InChI is InChI=1S/C5H3B3ClN3O/c6-5(7,8)13-2-1-11-4(9)12-3(2)10/h1H,(H2,10,11,12). The van der Waals surface area contributed by atoms with Crippen LogP contribution >= 0.6 is 11.6 Å². The van der Waals surface area contributed by atoms with Crippen molar-refractivity contribution in [2.75, 3.05) is 5.73 Å². The lowest BCUT2D eigenvalue weighted by atomic mass is 9.52.